The van der Waals surface area contributed by atoms with Gasteiger partial charge in [-0.25, -0.2) is 4.98 Å². The van der Waals surface area contributed by atoms with Crippen LogP contribution in [0, 0.1) is 0 Å². The Hall–Kier alpha value is -1.49. The molecule has 1 aliphatic rings. The second-order valence-electron chi connectivity index (χ2n) is 3.73. The van der Waals surface area contributed by atoms with E-state index in [0.717, 1.165) is 18.9 Å². The average Bonchev–Trinajstić information content (AvgIpc) is 2.19. The minimum absolute atomic E-state index is 0. The van der Waals surface area contributed by atoms with Crippen LogP contribution in [0.25, 0.3) is 0 Å². The lowest BCUT2D eigenvalue weighted by Gasteiger charge is -2.28. The molecule has 0 radical (unpaired) electrons. The second kappa shape index (κ2) is 4.84. The van der Waals surface area contributed by atoms with Crippen molar-refractivity contribution in [1.29, 1.82) is 0 Å². The molecule has 0 amide bonds. The predicted molar refractivity (Wildman–Crippen MR) is 62.7 cm³/mol. The zero-order valence-electron chi connectivity index (χ0n) is 8.74. The molecule has 1 aromatic heterocycles. The SMILES string of the molecule is Nc1cnc(N2CCCCC2)c(N)c1.O. The lowest BCUT2D eigenvalue weighted by atomic mass is 10.1. The van der Waals surface area contributed by atoms with Crippen molar-refractivity contribution in [2.45, 2.75) is 19.3 Å². The number of nitrogens with two attached hydrogens (primary N) is 2. The molecule has 84 valence electrons. The summed E-state index contributed by atoms with van der Waals surface area (Å²) in [5.41, 5.74) is 12.8. The summed E-state index contributed by atoms with van der Waals surface area (Å²) in [7, 11) is 0. The van der Waals surface area contributed by atoms with E-state index < -0.39 is 0 Å². The van der Waals surface area contributed by atoms with Crippen molar-refractivity contribution in [2.75, 3.05) is 29.5 Å². The van der Waals surface area contributed by atoms with Crippen molar-refractivity contribution >= 4 is 17.2 Å². The van der Waals surface area contributed by atoms with E-state index in [2.05, 4.69) is 9.88 Å². The summed E-state index contributed by atoms with van der Waals surface area (Å²) in [6.45, 7) is 2.11. The first kappa shape index (κ1) is 11.6. The third-order valence-corrected chi connectivity index (χ3v) is 2.57. The third kappa shape index (κ3) is 2.50. The Balaban J connectivity index is 0.00000112. The maximum Gasteiger partial charge on any atom is 0.151 e. The van der Waals surface area contributed by atoms with E-state index in [1.165, 1.54) is 19.3 Å². The largest absolute Gasteiger partial charge is 0.412 e. The van der Waals surface area contributed by atoms with Crippen molar-refractivity contribution in [3.05, 3.63) is 12.3 Å². The van der Waals surface area contributed by atoms with Gasteiger partial charge < -0.3 is 21.8 Å². The molecule has 2 heterocycles. The van der Waals surface area contributed by atoms with Crippen LogP contribution in [0.5, 0.6) is 0 Å². The molecular formula is C10H18N4O. The van der Waals surface area contributed by atoms with Crippen LogP contribution >= 0.6 is 0 Å². The smallest absolute Gasteiger partial charge is 0.151 e. The van der Waals surface area contributed by atoms with Crippen molar-refractivity contribution in [1.82, 2.24) is 4.98 Å². The number of anilines is 3. The Morgan fingerprint density at radius 1 is 1.13 bits per heavy atom. The van der Waals surface area contributed by atoms with Gasteiger partial charge in [-0.3, -0.25) is 0 Å². The van der Waals surface area contributed by atoms with Crippen molar-refractivity contribution in [3.8, 4) is 0 Å². The third-order valence-electron chi connectivity index (χ3n) is 2.57. The fraction of sp³-hybridized carbons (Fsp3) is 0.500. The molecule has 0 aromatic carbocycles. The summed E-state index contributed by atoms with van der Waals surface area (Å²) in [4.78, 5) is 6.51. The first-order chi connectivity index (χ1) is 6.77. The highest BCUT2D eigenvalue weighted by Gasteiger charge is 2.14. The molecule has 1 aromatic rings. The molecule has 6 N–H and O–H groups in total. The van der Waals surface area contributed by atoms with E-state index in [4.69, 9.17) is 11.5 Å². The van der Waals surface area contributed by atoms with Gasteiger partial charge in [0.2, 0.25) is 0 Å². The first-order valence-electron chi connectivity index (χ1n) is 5.03. The molecule has 1 fully saturated rings. The van der Waals surface area contributed by atoms with Crippen LogP contribution in [0.4, 0.5) is 17.2 Å². The number of hydrogen-bond donors (Lipinski definition) is 2. The Labute approximate surface area is 89.4 Å². The number of piperidine rings is 1. The molecule has 0 atom stereocenters. The number of rotatable bonds is 1. The summed E-state index contributed by atoms with van der Waals surface area (Å²) < 4.78 is 0. The summed E-state index contributed by atoms with van der Waals surface area (Å²) >= 11 is 0. The topological polar surface area (TPSA) is 99.7 Å². The van der Waals surface area contributed by atoms with Gasteiger partial charge in [0.1, 0.15) is 0 Å². The predicted octanol–water partition coefficient (Wildman–Crippen LogP) is 0.412. The highest BCUT2D eigenvalue weighted by molar-refractivity contribution is 5.66. The van der Waals surface area contributed by atoms with E-state index in [0.29, 0.717) is 11.4 Å². The highest BCUT2D eigenvalue weighted by atomic mass is 16.0. The fourth-order valence-electron chi connectivity index (χ4n) is 1.86. The molecule has 5 heteroatoms. The molecule has 15 heavy (non-hydrogen) atoms. The maximum absolute atomic E-state index is 5.87. The van der Waals surface area contributed by atoms with Gasteiger partial charge in [-0.15, -0.1) is 0 Å². The summed E-state index contributed by atoms with van der Waals surface area (Å²) in [6.07, 6.45) is 5.43. The van der Waals surface area contributed by atoms with E-state index in [9.17, 15) is 0 Å². The van der Waals surface area contributed by atoms with Crippen LogP contribution in [0.3, 0.4) is 0 Å². The van der Waals surface area contributed by atoms with Gasteiger partial charge in [0.25, 0.3) is 0 Å². The molecular weight excluding hydrogens is 192 g/mol. The first-order valence-corrected chi connectivity index (χ1v) is 5.03. The normalized spacial score (nSPS) is 15.9. The zero-order chi connectivity index (χ0) is 9.97. The Morgan fingerprint density at radius 3 is 2.40 bits per heavy atom. The molecule has 5 nitrogen and oxygen atoms in total. The van der Waals surface area contributed by atoms with Crippen molar-refractivity contribution in [3.63, 3.8) is 0 Å². The minimum Gasteiger partial charge on any atom is -0.412 e. The average molecular weight is 210 g/mol. The minimum atomic E-state index is 0. The molecule has 0 bridgehead atoms. The number of nitrogen functional groups attached to an aromatic ring is 2. The lowest BCUT2D eigenvalue weighted by Crippen LogP contribution is -2.30. The van der Waals surface area contributed by atoms with Gasteiger partial charge in [-0.2, -0.15) is 0 Å². The van der Waals surface area contributed by atoms with E-state index in [-0.39, 0.29) is 5.48 Å². The number of aromatic nitrogens is 1. The van der Waals surface area contributed by atoms with Crippen LogP contribution < -0.4 is 16.4 Å². The van der Waals surface area contributed by atoms with Crippen molar-refractivity contribution in [2.24, 2.45) is 0 Å². The van der Waals surface area contributed by atoms with Crippen LogP contribution in [0.2, 0.25) is 0 Å². The second-order valence-corrected chi connectivity index (χ2v) is 3.73. The number of nitrogens with zero attached hydrogens (tertiary/aromatic N) is 2. The van der Waals surface area contributed by atoms with E-state index in [1.807, 2.05) is 0 Å². The van der Waals surface area contributed by atoms with Gasteiger partial charge in [-0.1, -0.05) is 0 Å². The molecule has 1 saturated heterocycles. The van der Waals surface area contributed by atoms with Gasteiger partial charge in [-0.05, 0) is 25.3 Å². The number of hydrogen-bond acceptors (Lipinski definition) is 4. The van der Waals surface area contributed by atoms with Gasteiger partial charge in [0, 0.05) is 13.1 Å². The Kier molecular flexibility index (Phi) is 3.74. The zero-order valence-corrected chi connectivity index (χ0v) is 8.74. The monoisotopic (exact) mass is 210 g/mol. The molecule has 0 saturated carbocycles. The maximum atomic E-state index is 5.87. The summed E-state index contributed by atoms with van der Waals surface area (Å²) in [5, 5.41) is 0. The molecule has 0 unspecified atom stereocenters. The van der Waals surface area contributed by atoms with Gasteiger partial charge in [0.05, 0.1) is 17.6 Å². The van der Waals surface area contributed by atoms with Crippen molar-refractivity contribution < 1.29 is 5.48 Å². The van der Waals surface area contributed by atoms with Crippen LogP contribution in [0.15, 0.2) is 12.3 Å². The van der Waals surface area contributed by atoms with Crippen LogP contribution in [-0.2, 0) is 0 Å². The summed E-state index contributed by atoms with van der Waals surface area (Å²) in [6, 6.07) is 1.77. The van der Waals surface area contributed by atoms with Gasteiger partial charge >= 0.3 is 0 Å². The summed E-state index contributed by atoms with van der Waals surface area (Å²) in [5.74, 6) is 0.888. The molecule has 1 aliphatic heterocycles. The Bertz CT molecular complexity index is 323. The lowest BCUT2D eigenvalue weighted by molar-refractivity contribution is 0.574. The standard InChI is InChI=1S/C10H16N4.H2O/c11-8-6-9(12)10(13-7-8)14-4-2-1-3-5-14;/h6-7H,1-5,11-12H2;1H2. The quantitative estimate of drug-likeness (QED) is 0.701. The van der Waals surface area contributed by atoms with Crippen LogP contribution in [-0.4, -0.2) is 23.5 Å². The van der Waals surface area contributed by atoms with E-state index >= 15 is 0 Å². The molecule has 2 rings (SSSR count). The Morgan fingerprint density at radius 2 is 1.80 bits per heavy atom. The fourth-order valence-corrected chi connectivity index (χ4v) is 1.86. The van der Waals surface area contributed by atoms with Gasteiger partial charge in [0.15, 0.2) is 5.82 Å². The van der Waals surface area contributed by atoms with Crippen LogP contribution in [0.1, 0.15) is 19.3 Å². The molecule has 0 aliphatic carbocycles. The van der Waals surface area contributed by atoms with E-state index in [1.54, 1.807) is 12.3 Å². The highest BCUT2D eigenvalue weighted by Crippen LogP contribution is 2.24. The molecule has 0 spiro atoms. The number of pyridine rings is 1.